The topological polar surface area (TPSA) is 106 Å². The van der Waals surface area contributed by atoms with Gasteiger partial charge < -0.3 is 19.9 Å². The quantitative estimate of drug-likeness (QED) is 0.343. The molecule has 0 fully saturated rings. The van der Waals surface area contributed by atoms with Crippen molar-refractivity contribution in [2.24, 2.45) is 0 Å². The molecular weight excluding hydrogens is 352 g/mol. The summed E-state index contributed by atoms with van der Waals surface area (Å²) in [6.45, 7) is 8.58. The van der Waals surface area contributed by atoms with Gasteiger partial charge in [0.2, 0.25) is 0 Å². The molecule has 8 heteroatoms. The van der Waals surface area contributed by atoms with Gasteiger partial charge in [0.15, 0.2) is 0 Å². The molecule has 0 N–H and O–H groups in total. The van der Waals surface area contributed by atoms with E-state index in [9.17, 15) is 20.0 Å². The van der Waals surface area contributed by atoms with Gasteiger partial charge in [-0.05, 0) is 33.3 Å². The molecule has 0 saturated heterocycles. The molecule has 0 unspecified atom stereocenters. The fourth-order valence-corrected chi connectivity index (χ4v) is 2.48. The average molecular weight is 376 g/mol. The molecule has 0 spiro atoms. The van der Waals surface area contributed by atoms with Gasteiger partial charge in [0.05, 0.1) is 12.2 Å². The molecule has 0 atom stereocenters. The Morgan fingerprint density at radius 1 is 1.07 bits per heavy atom. The highest BCUT2D eigenvalue weighted by atomic mass is 16.6. The van der Waals surface area contributed by atoms with Crippen molar-refractivity contribution in [1.82, 2.24) is 0 Å². The summed E-state index contributed by atoms with van der Waals surface area (Å²) in [4.78, 5) is 24.5. The third-order valence-electron chi connectivity index (χ3n) is 3.82. The molecular formula is C19H24N2O6. The monoisotopic (exact) mass is 376 g/mol. The third-order valence-corrected chi connectivity index (χ3v) is 3.82. The molecule has 0 saturated carbocycles. The van der Waals surface area contributed by atoms with Crippen molar-refractivity contribution in [1.29, 1.82) is 0 Å². The second-order valence-corrected chi connectivity index (χ2v) is 7.22. The zero-order valence-electron chi connectivity index (χ0n) is 16.2. The maximum absolute atomic E-state index is 12.8. The van der Waals surface area contributed by atoms with Crippen LogP contribution in [0.5, 0.6) is 0 Å². The summed E-state index contributed by atoms with van der Waals surface area (Å²) >= 11 is 0. The number of unbranched alkanes of at least 4 members (excludes halogenated alkanes) is 1. The summed E-state index contributed by atoms with van der Waals surface area (Å²) in [5.41, 5.74) is -1.26. The Hall–Kier alpha value is -2.90. The lowest BCUT2D eigenvalue weighted by molar-refractivity contribution is -0.635. The first-order chi connectivity index (χ1) is 12.6. The molecule has 0 radical (unpaired) electrons. The standard InChI is InChI=1S/C19H24N2O6/c1-6-7-10-26-17(22)13-8-9-14-15(11-13)21(25)16(12(2)20(14)24)18(23)27-19(3,4)5/h8-9,11H,6-7,10H2,1-5H3. The molecule has 146 valence electrons. The second kappa shape index (κ2) is 7.77. The predicted octanol–water partition coefficient (Wildman–Crippen LogP) is 2.33. The van der Waals surface area contributed by atoms with Crippen LogP contribution in [-0.2, 0) is 9.47 Å². The van der Waals surface area contributed by atoms with Crippen LogP contribution in [0.15, 0.2) is 18.2 Å². The van der Waals surface area contributed by atoms with E-state index in [1.54, 1.807) is 20.8 Å². The van der Waals surface area contributed by atoms with Crippen molar-refractivity contribution in [3.8, 4) is 0 Å². The van der Waals surface area contributed by atoms with E-state index >= 15 is 0 Å². The molecule has 27 heavy (non-hydrogen) atoms. The number of rotatable bonds is 5. The van der Waals surface area contributed by atoms with E-state index in [2.05, 4.69) is 0 Å². The molecule has 8 nitrogen and oxygen atoms in total. The third kappa shape index (κ3) is 4.45. The molecule has 0 aliphatic heterocycles. The Bertz CT molecular complexity index is 886. The Morgan fingerprint density at radius 3 is 2.33 bits per heavy atom. The van der Waals surface area contributed by atoms with Gasteiger partial charge in [-0.15, -0.1) is 4.73 Å². The molecule has 1 heterocycles. The minimum Gasteiger partial charge on any atom is -0.618 e. The number of fused-ring (bicyclic) bond motifs is 1. The maximum Gasteiger partial charge on any atom is 0.412 e. The summed E-state index contributed by atoms with van der Waals surface area (Å²) in [6, 6.07) is 4.02. The summed E-state index contributed by atoms with van der Waals surface area (Å²) in [6.07, 6.45) is 1.60. The molecule has 2 aromatic rings. The van der Waals surface area contributed by atoms with Crippen LogP contribution in [0.3, 0.4) is 0 Å². The Labute approximate surface area is 157 Å². The van der Waals surface area contributed by atoms with Gasteiger partial charge in [-0.2, -0.15) is 4.73 Å². The normalized spacial score (nSPS) is 11.4. The predicted molar refractivity (Wildman–Crippen MR) is 97.0 cm³/mol. The van der Waals surface area contributed by atoms with Gasteiger partial charge in [-0.25, -0.2) is 9.59 Å². The van der Waals surface area contributed by atoms with Gasteiger partial charge in [-0.3, -0.25) is 0 Å². The Kier molecular flexibility index (Phi) is 5.88. The average Bonchev–Trinajstić information content (AvgIpc) is 2.58. The number of carbonyl (C=O) groups excluding carboxylic acids is 2. The lowest BCUT2D eigenvalue weighted by Crippen LogP contribution is -2.47. The number of nitrogens with zero attached hydrogens (tertiary/aromatic N) is 2. The van der Waals surface area contributed by atoms with Crippen molar-refractivity contribution < 1.29 is 28.5 Å². The number of aromatic nitrogens is 2. The van der Waals surface area contributed by atoms with Crippen molar-refractivity contribution in [3.05, 3.63) is 45.6 Å². The van der Waals surface area contributed by atoms with Gasteiger partial charge in [0.1, 0.15) is 5.60 Å². The van der Waals surface area contributed by atoms with E-state index < -0.39 is 23.2 Å². The second-order valence-electron chi connectivity index (χ2n) is 7.22. The number of esters is 2. The first kappa shape index (κ1) is 20.4. The SMILES string of the molecule is CCCCOC(=O)c1ccc2c(c1)[n+]([O-])c(C(=O)OC(C)(C)C)c(C)[n+]2[O-]. The van der Waals surface area contributed by atoms with Crippen molar-refractivity contribution in [2.75, 3.05) is 6.61 Å². The molecule has 0 aliphatic carbocycles. The first-order valence-corrected chi connectivity index (χ1v) is 8.76. The fourth-order valence-electron chi connectivity index (χ4n) is 2.48. The number of hydrogen-bond acceptors (Lipinski definition) is 6. The smallest absolute Gasteiger partial charge is 0.412 e. The number of benzene rings is 1. The van der Waals surface area contributed by atoms with E-state index in [1.807, 2.05) is 6.92 Å². The van der Waals surface area contributed by atoms with Crippen LogP contribution >= 0.6 is 0 Å². The number of carbonyl (C=O) groups is 2. The van der Waals surface area contributed by atoms with Crippen molar-refractivity contribution in [2.45, 2.75) is 53.1 Å². The number of hydrogen-bond donors (Lipinski definition) is 0. The summed E-state index contributed by atoms with van der Waals surface area (Å²) in [7, 11) is 0. The van der Waals surface area contributed by atoms with E-state index in [1.165, 1.54) is 25.1 Å². The highest BCUT2D eigenvalue weighted by Crippen LogP contribution is 2.16. The lowest BCUT2D eigenvalue weighted by Gasteiger charge is -2.19. The molecule has 2 rings (SSSR count). The Morgan fingerprint density at radius 2 is 1.74 bits per heavy atom. The van der Waals surface area contributed by atoms with E-state index in [0.717, 1.165) is 12.8 Å². The van der Waals surface area contributed by atoms with Gasteiger partial charge in [0, 0.05) is 19.1 Å². The zero-order valence-corrected chi connectivity index (χ0v) is 16.2. The van der Waals surface area contributed by atoms with Gasteiger partial charge >= 0.3 is 17.6 Å². The molecule has 1 aromatic carbocycles. The van der Waals surface area contributed by atoms with E-state index in [4.69, 9.17) is 9.47 Å². The number of ether oxygens (including phenoxy) is 2. The van der Waals surface area contributed by atoms with Crippen LogP contribution < -0.4 is 9.46 Å². The highest BCUT2D eigenvalue weighted by Gasteiger charge is 2.34. The minimum absolute atomic E-state index is 0.0416. The van der Waals surface area contributed by atoms with Crippen LogP contribution in [0.4, 0.5) is 0 Å². The van der Waals surface area contributed by atoms with Crippen LogP contribution in [-0.4, -0.2) is 24.1 Å². The van der Waals surface area contributed by atoms with Crippen LogP contribution in [0.2, 0.25) is 0 Å². The molecule has 0 aliphatic rings. The zero-order chi connectivity index (χ0) is 20.4. The first-order valence-electron chi connectivity index (χ1n) is 8.76. The van der Waals surface area contributed by atoms with Gasteiger partial charge in [-0.1, -0.05) is 13.3 Å². The van der Waals surface area contributed by atoms with Crippen LogP contribution in [0.25, 0.3) is 11.0 Å². The molecule has 0 amide bonds. The summed E-state index contributed by atoms with van der Waals surface area (Å²) in [5.74, 6) is -1.50. The van der Waals surface area contributed by atoms with Gasteiger partial charge in [0.25, 0.3) is 16.7 Å². The largest absolute Gasteiger partial charge is 0.618 e. The van der Waals surface area contributed by atoms with E-state index in [-0.39, 0.29) is 28.9 Å². The fraction of sp³-hybridized carbons (Fsp3) is 0.474. The molecule has 1 aromatic heterocycles. The van der Waals surface area contributed by atoms with Crippen molar-refractivity contribution in [3.63, 3.8) is 0 Å². The Balaban J connectivity index is 2.53. The minimum atomic E-state index is -0.905. The van der Waals surface area contributed by atoms with Crippen LogP contribution in [0, 0.1) is 17.3 Å². The summed E-state index contributed by atoms with van der Waals surface area (Å²) in [5, 5.41) is 25.3. The van der Waals surface area contributed by atoms with Crippen LogP contribution in [0.1, 0.15) is 67.1 Å². The van der Waals surface area contributed by atoms with Crippen molar-refractivity contribution >= 4 is 23.0 Å². The highest BCUT2D eigenvalue weighted by molar-refractivity contribution is 5.93. The molecule has 0 bridgehead atoms. The summed E-state index contributed by atoms with van der Waals surface area (Å²) < 4.78 is 11.2. The maximum atomic E-state index is 12.8. The van der Waals surface area contributed by atoms with E-state index in [0.29, 0.717) is 9.46 Å². The lowest BCUT2D eigenvalue weighted by atomic mass is 10.1.